The van der Waals surface area contributed by atoms with Crippen molar-refractivity contribution in [1.82, 2.24) is 4.98 Å². The van der Waals surface area contributed by atoms with Crippen LogP contribution < -0.4 is 11.1 Å². The van der Waals surface area contributed by atoms with E-state index >= 15 is 0 Å². The maximum Gasteiger partial charge on any atom is 0.136 e. The number of aryl methyl sites for hydroxylation is 2. The van der Waals surface area contributed by atoms with Crippen molar-refractivity contribution in [3.63, 3.8) is 0 Å². The highest BCUT2D eigenvalue weighted by atomic mass is 32.1. The first kappa shape index (κ1) is 13.9. The summed E-state index contributed by atoms with van der Waals surface area (Å²) in [7, 11) is 0. The molecule has 3 nitrogen and oxygen atoms in total. The Balaban J connectivity index is 1.88. The van der Waals surface area contributed by atoms with Gasteiger partial charge in [0.2, 0.25) is 0 Å². The summed E-state index contributed by atoms with van der Waals surface area (Å²) in [6.45, 7) is 0.355. The van der Waals surface area contributed by atoms with Crippen molar-refractivity contribution in [2.45, 2.75) is 25.8 Å². The minimum atomic E-state index is -0.233. The van der Waals surface area contributed by atoms with E-state index in [4.69, 9.17) is 18.0 Å². The number of hydrogen-bond acceptors (Lipinski definition) is 3. The van der Waals surface area contributed by atoms with E-state index in [1.807, 2.05) is 12.1 Å². The summed E-state index contributed by atoms with van der Waals surface area (Å²) in [5.74, 6) is 0.412. The van der Waals surface area contributed by atoms with Crippen molar-refractivity contribution in [2.75, 3.05) is 5.32 Å². The predicted molar refractivity (Wildman–Crippen MR) is 85.9 cm³/mol. The lowest BCUT2D eigenvalue weighted by Crippen LogP contribution is -2.16. The largest absolute Gasteiger partial charge is 0.389 e. The summed E-state index contributed by atoms with van der Waals surface area (Å²) in [5.41, 5.74) is 9.42. The van der Waals surface area contributed by atoms with Crippen molar-refractivity contribution in [2.24, 2.45) is 5.73 Å². The highest BCUT2D eigenvalue weighted by Crippen LogP contribution is 2.25. The highest BCUT2D eigenvalue weighted by molar-refractivity contribution is 7.80. The molecule has 0 bridgehead atoms. The molecular weight excluding hydrogens is 285 g/mol. The lowest BCUT2D eigenvalue weighted by molar-refractivity contribution is 0.613. The molecule has 1 aromatic heterocycles. The highest BCUT2D eigenvalue weighted by Gasteiger charge is 2.17. The quantitative estimate of drug-likeness (QED) is 0.853. The second-order valence-corrected chi connectivity index (χ2v) is 5.59. The summed E-state index contributed by atoms with van der Waals surface area (Å²) in [6.07, 6.45) is 3.10. The van der Waals surface area contributed by atoms with Crippen LogP contribution in [0.3, 0.4) is 0 Å². The van der Waals surface area contributed by atoms with E-state index in [1.54, 1.807) is 12.1 Å². The van der Waals surface area contributed by atoms with Gasteiger partial charge in [-0.15, -0.1) is 0 Å². The Kier molecular flexibility index (Phi) is 3.84. The van der Waals surface area contributed by atoms with Crippen LogP contribution in [0.2, 0.25) is 0 Å². The Morgan fingerprint density at radius 2 is 2.14 bits per heavy atom. The zero-order valence-electron chi connectivity index (χ0n) is 11.5. The Bertz CT molecular complexity index is 700. The molecule has 21 heavy (non-hydrogen) atoms. The summed E-state index contributed by atoms with van der Waals surface area (Å²) in [6, 6.07) is 8.69. The van der Waals surface area contributed by atoms with E-state index in [0.717, 1.165) is 30.5 Å². The van der Waals surface area contributed by atoms with Gasteiger partial charge in [0.15, 0.2) is 0 Å². The molecule has 0 atom stereocenters. The molecular formula is C16H16FN3S. The Hall–Kier alpha value is -2.01. The van der Waals surface area contributed by atoms with Crippen LogP contribution in [-0.2, 0) is 19.4 Å². The number of hydrogen-bond donors (Lipinski definition) is 2. The number of pyridine rings is 1. The molecule has 2 aromatic rings. The van der Waals surface area contributed by atoms with E-state index < -0.39 is 0 Å². The molecule has 0 unspecified atom stereocenters. The number of anilines is 1. The van der Waals surface area contributed by atoms with E-state index in [2.05, 4.69) is 10.3 Å². The summed E-state index contributed by atoms with van der Waals surface area (Å²) in [5, 5.41) is 3.16. The summed E-state index contributed by atoms with van der Waals surface area (Å²) < 4.78 is 13.7. The third-order valence-electron chi connectivity index (χ3n) is 3.72. The standard InChI is InChI=1S/C16H16FN3S/c17-13-6-2-1-4-11(13)9-19-16-12(15(18)21)8-10-5-3-7-14(10)20-16/h1-2,4,6,8H,3,5,7,9H2,(H2,18,21)(H,19,20). The molecule has 3 rings (SSSR count). The molecule has 5 heteroatoms. The second-order valence-electron chi connectivity index (χ2n) is 5.15. The van der Waals surface area contributed by atoms with Gasteiger partial charge in [-0.2, -0.15) is 0 Å². The van der Waals surface area contributed by atoms with Crippen LogP contribution in [0, 0.1) is 5.82 Å². The van der Waals surface area contributed by atoms with Gasteiger partial charge in [0.05, 0.1) is 5.56 Å². The van der Waals surface area contributed by atoms with Crippen molar-refractivity contribution in [3.8, 4) is 0 Å². The number of aromatic nitrogens is 1. The number of nitrogens with one attached hydrogen (secondary N) is 1. The maximum atomic E-state index is 13.7. The molecule has 0 saturated carbocycles. The molecule has 1 aliphatic rings. The monoisotopic (exact) mass is 301 g/mol. The first-order chi connectivity index (χ1) is 10.1. The fourth-order valence-electron chi connectivity index (χ4n) is 2.62. The van der Waals surface area contributed by atoms with Gasteiger partial charge in [-0.05, 0) is 37.0 Å². The van der Waals surface area contributed by atoms with Crippen LogP contribution in [0.5, 0.6) is 0 Å². The number of halogens is 1. The van der Waals surface area contributed by atoms with Gasteiger partial charge in [0.25, 0.3) is 0 Å². The van der Waals surface area contributed by atoms with E-state index in [1.165, 1.54) is 11.6 Å². The lowest BCUT2D eigenvalue weighted by atomic mass is 10.1. The van der Waals surface area contributed by atoms with E-state index in [9.17, 15) is 4.39 Å². The van der Waals surface area contributed by atoms with Gasteiger partial charge >= 0.3 is 0 Å². The fourth-order valence-corrected chi connectivity index (χ4v) is 2.77. The molecule has 0 saturated heterocycles. The molecule has 0 fully saturated rings. The van der Waals surface area contributed by atoms with Crippen LogP contribution in [0.25, 0.3) is 0 Å². The van der Waals surface area contributed by atoms with Gasteiger partial charge in [-0.25, -0.2) is 9.37 Å². The molecule has 0 aliphatic heterocycles. The van der Waals surface area contributed by atoms with Gasteiger partial charge in [0, 0.05) is 17.8 Å². The second kappa shape index (κ2) is 5.77. The van der Waals surface area contributed by atoms with Gasteiger partial charge in [0.1, 0.15) is 16.6 Å². The smallest absolute Gasteiger partial charge is 0.136 e. The lowest BCUT2D eigenvalue weighted by Gasteiger charge is -2.13. The third kappa shape index (κ3) is 2.88. The SMILES string of the molecule is NC(=S)c1cc2c(nc1NCc1ccccc1F)CCC2. The first-order valence-corrected chi connectivity index (χ1v) is 7.36. The van der Waals surface area contributed by atoms with Crippen LogP contribution in [0.15, 0.2) is 30.3 Å². The maximum absolute atomic E-state index is 13.7. The topological polar surface area (TPSA) is 50.9 Å². The van der Waals surface area contributed by atoms with Crippen molar-refractivity contribution >= 4 is 23.0 Å². The van der Waals surface area contributed by atoms with Crippen LogP contribution in [-0.4, -0.2) is 9.97 Å². The van der Waals surface area contributed by atoms with Crippen molar-refractivity contribution in [3.05, 3.63) is 58.5 Å². The molecule has 108 valence electrons. The number of fused-ring (bicyclic) bond motifs is 1. The molecule has 0 radical (unpaired) electrons. The molecule has 0 amide bonds. The van der Waals surface area contributed by atoms with Gasteiger partial charge in [-0.1, -0.05) is 30.4 Å². The average molecular weight is 301 g/mol. The minimum Gasteiger partial charge on any atom is -0.389 e. The Morgan fingerprint density at radius 3 is 2.90 bits per heavy atom. The predicted octanol–water partition coefficient (Wildman–Crippen LogP) is 2.96. The van der Waals surface area contributed by atoms with Gasteiger partial charge < -0.3 is 11.1 Å². The van der Waals surface area contributed by atoms with E-state index in [0.29, 0.717) is 22.9 Å². The summed E-state index contributed by atoms with van der Waals surface area (Å²) in [4.78, 5) is 4.93. The molecule has 0 spiro atoms. The molecule has 1 aromatic carbocycles. The molecule has 1 aliphatic carbocycles. The van der Waals surface area contributed by atoms with Crippen LogP contribution in [0.1, 0.15) is 28.8 Å². The number of nitrogens with two attached hydrogens (primary N) is 1. The van der Waals surface area contributed by atoms with Crippen molar-refractivity contribution < 1.29 is 4.39 Å². The zero-order chi connectivity index (χ0) is 14.8. The number of thiocarbonyl (C=S) groups is 1. The summed E-state index contributed by atoms with van der Waals surface area (Å²) >= 11 is 5.10. The molecule has 1 heterocycles. The van der Waals surface area contributed by atoms with Crippen LogP contribution in [0.4, 0.5) is 10.2 Å². The van der Waals surface area contributed by atoms with E-state index in [-0.39, 0.29) is 5.82 Å². The number of benzene rings is 1. The normalized spacial score (nSPS) is 13.0. The Labute approximate surface area is 128 Å². The minimum absolute atomic E-state index is 0.233. The number of nitrogens with zero attached hydrogens (tertiary/aromatic N) is 1. The van der Waals surface area contributed by atoms with Crippen LogP contribution >= 0.6 is 12.2 Å². The molecule has 3 N–H and O–H groups in total. The zero-order valence-corrected chi connectivity index (χ0v) is 12.3. The number of rotatable bonds is 4. The average Bonchev–Trinajstić information content (AvgIpc) is 2.92. The van der Waals surface area contributed by atoms with Gasteiger partial charge in [-0.3, -0.25) is 0 Å². The fraction of sp³-hybridized carbons (Fsp3) is 0.250. The van der Waals surface area contributed by atoms with Crippen molar-refractivity contribution in [1.29, 1.82) is 0 Å². The Morgan fingerprint density at radius 1 is 1.33 bits per heavy atom. The first-order valence-electron chi connectivity index (χ1n) is 6.95. The third-order valence-corrected chi connectivity index (χ3v) is 3.94.